The first kappa shape index (κ1) is 20.6. The van der Waals surface area contributed by atoms with Crippen molar-refractivity contribution in [2.45, 2.75) is 6.92 Å². The van der Waals surface area contributed by atoms with Gasteiger partial charge in [0.1, 0.15) is 0 Å². The van der Waals surface area contributed by atoms with Crippen molar-refractivity contribution in [3.8, 4) is 28.6 Å². The van der Waals surface area contributed by atoms with Crippen molar-refractivity contribution < 1.29 is 19.0 Å². The van der Waals surface area contributed by atoms with E-state index in [0.717, 1.165) is 5.56 Å². The van der Waals surface area contributed by atoms with E-state index < -0.39 is 5.97 Å². The van der Waals surface area contributed by atoms with Gasteiger partial charge in [-0.3, -0.25) is 4.79 Å². The molecule has 0 bridgehead atoms. The molecule has 0 saturated carbocycles. The van der Waals surface area contributed by atoms with Crippen molar-refractivity contribution in [1.82, 2.24) is 14.9 Å². The number of nitrogens with one attached hydrogen (secondary N) is 1. The smallest absolute Gasteiger partial charge is 0.308 e. The lowest BCUT2D eigenvalue weighted by Crippen LogP contribution is -2.05. The summed E-state index contributed by atoms with van der Waals surface area (Å²) in [5.41, 5.74) is 1.39. The van der Waals surface area contributed by atoms with Crippen LogP contribution in [0.1, 0.15) is 12.5 Å². The third-order valence-electron chi connectivity index (χ3n) is 3.78. The minimum atomic E-state index is -0.487. The van der Waals surface area contributed by atoms with Crippen LogP contribution in [0.5, 0.6) is 17.2 Å². The Hall–Kier alpha value is -3.17. The van der Waals surface area contributed by atoms with Gasteiger partial charge in [-0.1, -0.05) is 23.7 Å². The number of ether oxygens (including phenoxy) is 3. The van der Waals surface area contributed by atoms with Crippen LogP contribution in [-0.4, -0.2) is 41.3 Å². The maximum Gasteiger partial charge on any atom is 0.308 e. The van der Waals surface area contributed by atoms with E-state index in [2.05, 4.69) is 15.3 Å². The van der Waals surface area contributed by atoms with E-state index in [9.17, 15) is 4.79 Å². The number of carbonyl (C=O) groups excluding carboxylic acids is 1. The Kier molecular flexibility index (Phi) is 6.30. The quantitative estimate of drug-likeness (QED) is 0.273. The number of benzene rings is 2. The number of methoxy groups -OCH3 is 2. The van der Waals surface area contributed by atoms with Crippen LogP contribution in [-0.2, 0) is 4.79 Å². The monoisotopic (exact) mass is 432 g/mol. The first-order chi connectivity index (χ1) is 13.9. The van der Waals surface area contributed by atoms with Gasteiger partial charge in [0.15, 0.2) is 17.3 Å². The molecule has 0 amide bonds. The van der Waals surface area contributed by atoms with Gasteiger partial charge in [0.05, 0.1) is 20.4 Å². The first-order valence-electron chi connectivity index (χ1n) is 8.35. The molecule has 0 atom stereocenters. The van der Waals surface area contributed by atoms with Crippen molar-refractivity contribution in [2.75, 3.05) is 14.2 Å². The lowest BCUT2D eigenvalue weighted by atomic mass is 10.2. The average molecular weight is 433 g/mol. The lowest BCUT2D eigenvalue weighted by Gasteiger charge is -2.13. The maximum atomic E-state index is 11.4. The maximum absolute atomic E-state index is 11.4. The molecule has 10 heteroatoms. The molecule has 8 nitrogen and oxygen atoms in total. The molecule has 3 rings (SSSR count). The van der Waals surface area contributed by atoms with Gasteiger partial charge in [-0.25, -0.2) is 5.10 Å². The predicted octanol–water partition coefficient (Wildman–Crippen LogP) is 4.09. The average Bonchev–Trinajstić information content (AvgIpc) is 3.07. The van der Waals surface area contributed by atoms with Gasteiger partial charge in [-0.2, -0.15) is 14.9 Å². The Morgan fingerprint density at radius 2 is 1.93 bits per heavy atom. The molecule has 1 heterocycles. The fourth-order valence-electron chi connectivity index (χ4n) is 2.56. The molecule has 0 fully saturated rings. The van der Waals surface area contributed by atoms with Gasteiger partial charge >= 0.3 is 5.97 Å². The summed E-state index contributed by atoms with van der Waals surface area (Å²) in [7, 11) is 2.93. The summed E-state index contributed by atoms with van der Waals surface area (Å²) in [6.45, 7) is 1.30. The summed E-state index contributed by atoms with van der Waals surface area (Å²) < 4.78 is 17.6. The zero-order chi connectivity index (χ0) is 21.0. The van der Waals surface area contributed by atoms with Gasteiger partial charge in [0, 0.05) is 23.1 Å². The fraction of sp³-hybridized carbons (Fsp3) is 0.158. The highest BCUT2D eigenvalue weighted by molar-refractivity contribution is 7.71. The molecule has 0 unspecified atom stereocenters. The van der Waals surface area contributed by atoms with Crippen LogP contribution in [0.25, 0.3) is 11.4 Å². The standard InChI is InChI=1S/C19H17ClN4O4S/c1-11(25)28-17-15(26-2)7-12(8-16(17)27-3)10-21-24-18(22-23-19(24)29)13-5-4-6-14(20)9-13/h4-10H,1-3H3,(H,23,29). The molecule has 3 aromatic rings. The Morgan fingerprint density at radius 3 is 2.52 bits per heavy atom. The third-order valence-corrected chi connectivity index (χ3v) is 4.28. The third kappa shape index (κ3) is 4.64. The number of aromatic amines is 1. The molecular formula is C19H17ClN4O4S. The number of halogens is 1. The number of rotatable bonds is 6. The van der Waals surface area contributed by atoms with Crippen LogP contribution in [0.3, 0.4) is 0 Å². The van der Waals surface area contributed by atoms with Crippen molar-refractivity contribution in [3.05, 3.63) is 51.8 Å². The molecule has 0 aliphatic carbocycles. The first-order valence-corrected chi connectivity index (χ1v) is 9.13. The number of esters is 1. The summed E-state index contributed by atoms with van der Waals surface area (Å²) >= 11 is 11.3. The van der Waals surface area contributed by atoms with Gasteiger partial charge in [0.2, 0.25) is 10.5 Å². The number of nitrogens with zero attached hydrogens (tertiary/aromatic N) is 3. The molecule has 150 valence electrons. The summed E-state index contributed by atoms with van der Waals surface area (Å²) in [6, 6.07) is 10.5. The number of hydrogen-bond acceptors (Lipinski definition) is 7. The zero-order valence-corrected chi connectivity index (χ0v) is 17.4. The molecule has 0 radical (unpaired) electrons. The van der Waals surface area contributed by atoms with E-state index in [-0.39, 0.29) is 5.75 Å². The summed E-state index contributed by atoms with van der Waals surface area (Å²) in [5, 5.41) is 11.9. The minimum Gasteiger partial charge on any atom is -0.493 e. The van der Waals surface area contributed by atoms with Crippen molar-refractivity contribution >= 4 is 36.0 Å². The van der Waals surface area contributed by atoms with E-state index in [1.165, 1.54) is 25.8 Å². The zero-order valence-electron chi connectivity index (χ0n) is 15.8. The highest BCUT2D eigenvalue weighted by atomic mass is 35.5. The minimum absolute atomic E-state index is 0.194. The Labute approximate surface area is 176 Å². The largest absolute Gasteiger partial charge is 0.493 e. The number of hydrogen-bond donors (Lipinski definition) is 1. The highest BCUT2D eigenvalue weighted by Crippen LogP contribution is 2.38. The Morgan fingerprint density at radius 1 is 1.24 bits per heavy atom. The normalized spacial score (nSPS) is 10.9. The highest BCUT2D eigenvalue weighted by Gasteiger charge is 2.16. The van der Waals surface area contributed by atoms with E-state index in [4.69, 9.17) is 38.0 Å². The molecule has 29 heavy (non-hydrogen) atoms. The van der Waals surface area contributed by atoms with E-state index in [0.29, 0.717) is 32.7 Å². The number of carbonyl (C=O) groups is 1. The van der Waals surface area contributed by atoms with Crippen molar-refractivity contribution in [3.63, 3.8) is 0 Å². The molecule has 2 aromatic carbocycles. The van der Waals surface area contributed by atoms with Crippen molar-refractivity contribution in [2.24, 2.45) is 5.10 Å². The number of H-pyrrole nitrogens is 1. The molecule has 0 saturated heterocycles. The lowest BCUT2D eigenvalue weighted by molar-refractivity contribution is -0.132. The fourth-order valence-corrected chi connectivity index (χ4v) is 2.93. The molecule has 1 aromatic heterocycles. The molecule has 0 spiro atoms. The second-order valence-corrected chi connectivity index (χ2v) is 6.59. The van der Waals surface area contributed by atoms with Gasteiger partial charge in [-0.15, -0.1) is 0 Å². The van der Waals surface area contributed by atoms with Gasteiger partial charge < -0.3 is 14.2 Å². The van der Waals surface area contributed by atoms with Gasteiger partial charge in [-0.05, 0) is 36.5 Å². The summed E-state index contributed by atoms with van der Waals surface area (Å²) in [6.07, 6.45) is 1.56. The van der Waals surface area contributed by atoms with Crippen LogP contribution < -0.4 is 14.2 Å². The van der Waals surface area contributed by atoms with Gasteiger partial charge in [0.25, 0.3) is 0 Å². The van der Waals surface area contributed by atoms with E-state index >= 15 is 0 Å². The molecule has 0 aliphatic heterocycles. The molecule has 1 N–H and O–H groups in total. The van der Waals surface area contributed by atoms with Crippen LogP contribution in [0.15, 0.2) is 41.5 Å². The van der Waals surface area contributed by atoms with E-state index in [1.807, 2.05) is 12.1 Å². The predicted molar refractivity (Wildman–Crippen MR) is 112 cm³/mol. The molecular weight excluding hydrogens is 416 g/mol. The second kappa shape index (κ2) is 8.89. The van der Waals surface area contributed by atoms with Crippen LogP contribution in [0.4, 0.5) is 0 Å². The molecule has 0 aliphatic rings. The van der Waals surface area contributed by atoms with E-state index in [1.54, 1.807) is 30.5 Å². The summed E-state index contributed by atoms with van der Waals surface area (Å²) in [5.74, 6) is 0.862. The van der Waals surface area contributed by atoms with Crippen LogP contribution >= 0.6 is 23.8 Å². The van der Waals surface area contributed by atoms with Crippen molar-refractivity contribution in [1.29, 1.82) is 0 Å². The second-order valence-electron chi connectivity index (χ2n) is 5.77. The number of aromatic nitrogens is 3. The SMILES string of the molecule is COc1cc(C=Nn2c(-c3cccc(Cl)c3)n[nH]c2=S)cc(OC)c1OC(C)=O. The summed E-state index contributed by atoms with van der Waals surface area (Å²) in [4.78, 5) is 11.4. The van der Waals surface area contributed by atoms with Crippen LogP contribution in [0.2, 0.25) is 5.02 Å². The Bertz CT molecular complexity index is 1110. The Balaban J connectivity index is 2.02. The van der Waals surface area contributed by atoms with Crippen LogP contribution in [0, 0.1) is 4.77 Å². The topological polar surface area (TPSA) is 90.7 Å².